The number of amides is 1. The Kier molecular flexibility index (Phi) is 12.6. The van der Waals surface area contributed by atoms with Gasteiger partial charge in [0.1, 0.15) is 5.82 Å². The van der Waals surface area contributed by atoms with E-state index in [1.54, 1.807) is 0 Å². The van der Waals surface area contributed by atoms with Crippen molar-refractivity contribution in [2.24, 2.45) is 0 Å². The van der Waals surface area contributed by atoms with Crippen LogP contribution in [-0.2, 0) is 11.3 Å². The summed E-state index contributed by atoms with van der Waals surface area (Å²) in [4.78, 5) is 20.0. The van der Waals surface area contributed by atoms with Crippen molar-refractivity contribution in [2.75, 3.05) is 11.4 Å². The van der Waals surface area contributed by atoms with Gasteiger partial charge in [-0.2, -0.15) is 0 Å². The number of fused-ring (bicyclic) bond motifs is 1. The lowest BCUT2D eigenvalue weighted by molar-refractivity contribution is -0.117. The summed E-state index contributed by atoms with van der Waals surface area (Å²) < 4.78 is 2.41. The number of unbranched alkanes of at least 4 members (excludes halogenated alkanes) is 15. The molecule has 0 N–H and O–H groups in total. The molecule has 0 saturated carbocycles. The molecule has 1 unspecified atom stereocenters. The molecule has 0 spiro atoms. The van der Waals surface area contributed by atoms with Gasteiger partial charge < -0.3 is 9.47 Å². The Morgan fingerprint density at radius 1 is 0.725 bits per heavy atom. The van der Waals surface area contributed by atoms with Crippen LogP contribution >= 0.6 is 0 Å². The molecular formula is C36H53N3O. The lowest BCUT2D eigenvalue weighted by atomic mass is 10.0. The highest BCUT2D eigenvalue weighted by molar-refractivity contribution is 5.96. The molecule has 0 bridgehead atoms. The minimum atomic E-state index is 0.141. The first-order valence-corrected chi connectivity index (χ1v) is 16.5. The van der Waals surface area contributed by atoms with Gasteiger partial charge in [0.25, 0.3) is 0 Å². The SMILES string of the molecule is CCCCCCCCCCCCCCCCCCn1c(C2CC(=O)N(c3ccc(C)cc3)C2)nc2ccccc21. The fourth-order valence-corrected chi connectivity index (χ4v) is 6.31. The fraction of sp³-hybridized carbons (Fsp3) is 0.611. The highest BCUT2D eigenvalue weighted by Crippen LogP contribution is 2.33. The Hall–Kier alpha value is -2.62. The Morgan fingerprint density at radius 2 is 1.27 bits per heavy atom. The number of hydrogen-bond donors (Lipinski definition) is 0. The van der Waals surface area contributed by atoms with Crippen molar-refractivity contribution in [3.63, 3.8) is 0 Å². The molecular weight excluding hydrogens is 490 g/mol. The summed E-state index contributed by atoms with van der Waals surface area (Å²) in [6.45, 7) is 6.08. The zero-order valence-corrected chi connectivity index (χ0v) is 25.4. The Morgan fingerprint density at radius 3 is 1.88 bits per heavy atom. The summed E-state index contributed by atoms with van der Waals surface area (Å²) in [5, 5.41) is 0. The van der Waals surface area contributed by atoms with Gasteiger partial charge in [0.15, 0.2) is 0 Å². The van der Waals surface area contributed by atoms with Crippen molar-refractivity contribution in [2.45, 2.75) is 135 Å². The first-order valence-electron chi connectivity index (χ1n) is 16.5. The molecule has 2 aromatic carbocycles. The molecule has 4 heteroatoms. The monoisotopic (exact) mass is 543 g/mol. The van der Waals surface area contributed by atoms with Gasteiger partial charge in [-0.25, -0.2) is 4.98 Å². The molecule has 1 fully saturated rings. The second-order valence-corrected chi connectivity index (χ2v) is 12.2. The number of anilines is 1. The molecule has 1 aliphatic heterocycles. The minimum Gasteiger partial charge on any atom is -0.328 e. The number of rotatable bonds is 19. The lowest BCUT2D eigenvalue weighted by Gasteiger charge is -2.17. The highest BCUT2D eigenvalue weighted by atomic mass is 16.2. The maximum atomic E-state index is 13.0. The maximum absolute atomic E-state index is 13.0. The third kappa shape index (κ3) is 8.94. The summed E-state index contributed by atoms with van der Waals surface area (Å²) in [5.74, 6) is 1.43. The first-order chi connectivity index (χ1) is 19.7. The van der Waals surface area contributed by atoms with Gasteiger partial charge in [-0.3, -0.25) is 4.79 Å². The van der Waals surface area contributed by atoms with E-state index >= 15 is 0 Å². The van der Waals surface area contributed by atoms with E-state index in [1.807, 2.05) is 4.90 Å². The van der Waals surface area contributed by atoms with Crippen LogP contribution in [0.2, 0.25) is 0 Å². The van der Waals surface area contributed by atoms with Crippen LogP contribution in [0.3, 0.4) is 0 Å². The van der Waals surface area contributed by atoms with Crippen molar-refractivity contribution in [1.29, 1.82) is 0 Å². The number of carbonyl (C=O) groups is 1. The van der Waals surface area contributed by atoms with Gasteiger partial charge in [0, 0.05) is 31.1 Å². The molecule has 1 aromatic heterocycles. The maximum Gasteiger partial charge on any atom is 0.227 e. The van der Waals surface area contributed by atoms with Gasteiger partial charge in [0.2, 0.25) is 5.91 Å². The van der Waals surface area contributed by atoms with Crippen LogP contribution in [0.1, 0.15) is 133 Å². The Labute approximate surface area is 243 Å². The minimum absolute atomic E-state index is 0.141. The summed E-state index contributed by atoms with van der Waals surface area (Å²) in [6, 6.07) is 16.8. The zero-order valence-electron chi connectivity index (χ0n) is 25.4. The van der Waals surface area contributed by atoms with Crippen LogP contribution in [0, 0.1) is 6.92 Å². The molecule has 0 radical (unpaired) electrons. The van der Waals surface area contributed by atoms with Crippen molar-refractivity contribution in [3.8, 4) is 0 Å². The number of carbonyl (C=O) groups excluding carboxylic acids is 1. The molecule has 0 aliphatic carbocycles. The summed E-state index contributed by atoms with van der Waals surface area (Å²) in [6.07, 6.45) is 22.7. The number of benzene rings is 2. The molecule has 2 heterocycles. The molecule has 1 atom stereocenters. The standard InChI is InChI=1S/C36H53N3O/c1-3-4-5-6-7-8-9-10-11-12-13-14-15-16-17-20-27-38-34-22-19-18-21-33(34)37-36(38)31-28-35(40)39(29-31)32-25-23-30(2)24-26-32/h18-19,21-26,31H,3-17,20,27-29H2,1-2H3. The predicted molar refractivity (Wildman–Crippen MR) is 170 cm³/mol. The smallest absolute Gasteiger partial charge is 0.227 e. The lowest BCUT2D eigenvalue weighted by Crippen LogP contribution is -2.24. The van der Waals surface area contributed by atoms with Crippen LogP contribution in [-0.4, -0.2) is 22.0 Å². The summed E-state index contributed by atoms with van der Waals surface area (Å²) in [7, 11) is 0. The number of hydrogen-bond acceptors (Lipinski definition) is 2. The van der Waals surface area contributed by atoms with Crippen LogP contribution in [0.25, 0.3) is 11.0 Å². The Bertz CT molecular complexity index is 1150. The number of nitrogens with zero attached hydrogens (tertiary/aromatic N) is 3. The van der Waals surface area contributed by atoms with Crippen LogP contribution in [0.4, 0.5) is 5.69 Å². The molecule has 1 amide bonds. The van der Waals surface area contributed by atoms with Crippen LogP contribution in [0.15, 0.2) is 48.5 Å². The van der Waals surface area contributed by atoms with E-state index in [0.29, 0.717) is 13.0 Å². The molecule has 4 nitrogen and oxygen atoms in total. The van der Waals surface area contributed by atoms with Crippen LogP contribution < -0.4 is 4.90 Å². The quantitative estimate of drug-likeness (QED) is 0.141. The average Bonchev–Trinajstić information content (AvgIpc) is 3.53. The van der Waals surface area contributed by atoms with Gasteiger partial charge >= 0.3 is 0 Å². The summed E-state index contributed by atoms with van der Waals surface area (Å²) in [5.41, 5.74) is 4.47. The van der Waals surface area contributed by atoms with E-state index in [-0.39, 0.29) is 11.8 Å². The van der Waals surface area contributed by atoms with Crippen molar-refractivity contribution in [3.05, 3.63) is 59.9 Å². The molecule has 40 heavy (non-hydrogen) atoms. The highest BCUT2D eigenvalue weighted by Gasteiger charge is 2.34. The number of aryl methyl sites for hydroxylation is 2. The summed E-state index contributed by atoms with van der Waals surface area (Å²) >= 11 is 0. The van der Waals surface area contributed by atoms with Gasteiger partial charge in [-0.05, 0) is 37.6 Å². The van der Waals surface area contributed by atoms with E-state index in [4.69, 9.17) is 4.98 Å². The molecule has 1 aliphatic rings. The molecule has 218 valence electrons. The second kappa shape index (κ2) is 16.6. The molecule has 3 aromatic rings. The largest absolute Gasteiger partial charge is 0.328 e. The average molecular weight is 544 g/mol. The van der Waals surface area contributed by atoms with Gasteiger partial charge in [-0.1, -0.05) is 133 Å². The number of aromatic nitrogens is 2. The van der Waals surface area contributed by atoms with E-state index in [1.165, 1.54) is 114 Å². The second-order valence-electron chi connectivity index (χ2n) is 12.2. The van der Waals surface area contributed by atoms with Gasteiger partial charge in [0.05, 0.1) is 11.0 Å². The first kappa shape index (κ1) is 30.3. The third-order valence-electron chi connectivity index (χ3n) is 8.76. The van der Waals surface area contributed by atoms with Crippen LogP contribution in [0.5, 0.6) is 0 Å². The van der Waals surface area contributed by atoms with Gasteiger partial charge in [-0.15, -0.1) is 0 Å². The molecule has 4 rings (SSSR count). The van der Waals surface area contributed by atoms with Crippen molar-refractivity contribution in [1.82, 2.24) is 9.55 Å². The van der Waals surface area contributed by atoms with E-state index in [2.05, 4.69) is 66.9 Å². The molecule has 1 saturated heterocycles. The van der Waals surface area contributed by atoms with E-state index in [0.717, 1.165) is 23.6 Å². The van der Waals surface area contributed by atoms with E-state index < -0.39 is 0 Å². The topological polar surface area (TPSA) is 38.1 Å². The zero-order chi connectivity index (χ0) is 28.0. The van der Waals surface area contributed by atoms with Crippen molar-refractivity contribution >= 4 is 22.6 Å². The van der Waals surface area contributed by atoms with Crippen molar-refractivity contribution < 1.29 is 4.79 Å². The normalized spacial score (nSPS) is 15.5. The fourth-order valence-electron chi connectivity index (χ4n) is 6.31. The third-order valence-corrected chi connectivity index (χ3v) is 8.76. The van der Waals surface area contributed by atoms with E-state index in [9.17, 15) is 4.79 Å². The Balaban J connectivity index is 1.16. The number of para-hydroxylation sites is 2. The number of imidazole rings is 1. The predicted octanol–water partition coefficient (Wildman–Crippen LogP) is 10.1.